The minimum absolute atomic E-state index is 0.0144. The molecule has 0 bridgehead atoms. The Bertz CT molecular complexity index is 1360. The minimum atomic E-state index is -4.04. The molecule has 0 saturated heterocycles. The number of fused-ring (bicyclic) bond motifs is 1. The Morgan fingerprint density at radius 3 is 2.46 bits per heavy atom. The Morgan fingerprint density at radius 1 is 1.11 bits per heavy atom. The molecular weight excluding hydrogens is 535 g/mol. The van der Waals surface area contributed by atoms with E-state index in [1.54, 1.807) is 36.4 Å². The van der Waals surface area contributed by atoms with Crippen molar-refractivity contribution in [3.63, 3.8) is 0 Å². The Morgan fingerprint density at radius 2 is 1.80 bits per heavy atom. The Hall–Kier alpha value is -2.56. The molecule has 184 valence electrons. The van der Waals surface area contributed by atoms with Crippen LogP contribution in [0.25, 0.3) is 0 Å². The quantitative estimate of drug-likeness (QED) is 0.469. The van der Waals surface area contributed by atoms with Crippen molar-refractivity contribution in [2.75, 3.05) is 36.8 Å². The SMILES string of the molecule is CN(C)CC1CN(S(=O)(=O)c2cccc(Cl)c2)c2nc(NC(=O)c3c(Cl)cccc3Cl)ccc2O1. The summed E-state index contributed by atoms with van der Waals surface area (Å²) in [5, 5.41) is 3.26. The molecule has 4 rings (SSSR count). The van der Waals surface area contributed by atoms with Gasteiger partial charge in [0.25, 0.3) is 15.9 Å². The standard InChI is InChI=1S/C23H21Cl3N4O4S/c1-29(2)12-15-13-30(35(32,33)16-6-3-5-14(24)11-16)22-19(34-15)9-10-20(27-22)28-23(31)21-17(25)7-4-8-18(21)26/h3-11,15H,12-13H2,1-2H3,(H,27,28,31). The number of nitrogens with one attached hydrogen (secondary N) is 1. The molecule has 0 radical (unpaired) electrons. The van der Waals surface area contributed by atoms with E-state index in [9.17, 15) is 13.2 Å². The zero-order valence-electron chi connectivity index (χ0n) is 18.7. The molecule has 1 aliphatic rings. The second kappa shape index (κ2) is 10.2. The highest BCUT2D eigenvalue weighted by Gasteiger charge is 2.36. The number of rotatable bonds is 6. The zero-order valence-corrected chi connectivity index (χ0v) is 21.8. The summed E-state index contributed by atoms with van der Waals surface area (Å²) >= 11 is 18.3. The first-order valence-electron chi connectivity index (χ1n) is 10.4. The third-order valence-electron chi connectivity index (χ3n) is 5.12. The maximum atomic E-state index is 13.6. The molecule has 2 heterocycles. The molecular formula is C23H21Cl3N4O4S. The van der Waals surface area contributed by atoms with Crippen LogP contribution in [0.15, 0.2) is 59.5 Å². The molecule has 8 nitrogen and oxygen atoms in total. The average molecular weight is 556 g/mol. The average Bonchev–Trinajstić information content (AvgIpc) is 2.78. The summed E-state index contributed by atoms with van der Waals surface area (Å²) in [5.41, 5.74) is 0.0843. The Kier molecular flexibility index (Phi) is 7.44. The molecule has 35 heavy (non-hydrogen) atoms. The van der Waals surface area contributed by atoms with Crippen molar-refractivity contribution in [2.45, 2.75) is 11.0 Å². The number of pyridine rings is 1. The fourth-order valence-electron chi connectivity index (χ4n) is 3.63. The summed E-state index contributed by atoms with van der Waals surface area (Å²) < 4.78 is 34.4. The predicted molar refractivity (Wildman–Crippen MR) is 138 cm³/mol. The second-order valence-corrected chi connectivity index (χ2v) is 11.2. The smallest absolute Gasteiger partial charge is 0.265 e. The van der Waals surface area contributed by atoms with Gasteiger partial charge in [-0.2, -0.15) is 0 Å². The minimum Gasteiger partial charge on any atom is -0.483 e. The summed E-state index contributed by atoms with van der Waals surface area (Å²) in [6, 6.07) is 13.8. The first-order valence-corrected chi connectivity index (χ1v) is 13.0. The van der Waals surface area contributed by atoms with Gasteiger partial charge >= 0.3 is 0 Å². The molecule has 2 aromatic carbocycles. The van der Waals surface area contributed by atoms with Crippen molar-refractivity contribution < 1.29 is 17.9 Å². The fourth-order valence-corrected chi connectivity index (χ4v) is 5.95. The van der Waals surface area contributed by atoms with Crippen molar-refractivity contribution in [1.82, 2.24) is 9.88 Å². The molecule has 1 aromatic heterocycles. The topological polar surface area (TPSA) is 91.8 Å². The first kappa shape index (κ1) is 25.5. The number of benzene rings is 2. The van der Waals surface area contributed by atoms with Crippen LogP contribution in [0.5, 0.6) is 5.75 Å². The van der Waals surface area contributed by atoms with Gasteiger partial charge in [-0.15, -0.1) is 0 Å². The van der Waals surface area contributed by atoms with E-state index in [1.807, 2.05) is 19.0 Å². The molecule has 0 spiro atoms. The van der Waals surface area contributed by atoms with Gasteiger partial charge in [0.05, 0.1) is 27.0 Å². The van der Waals surface area contributed by atoms with Crippen LogP contribution in [0.3, 0.4) is 0 Å². The number of likely N-dealkylation sites (N-methyl/N-ethyl adjacent to an activating group) is 1. The van der Waals surface area contributed by atoms with Gasteiger partial charge in [0.2, 0.25) is 0 Å². The number of ether oxygens (including phenoxy) is 1. The molecule has 0 fully saturated rings. The highest BCUT2D eigenvalue weighted by molar-refractivity contribution is 7.92. The molecule has 1 aliphatic heterocycles. The number of hydrogen-bond acceptors (Lipinski definition) is 6. The summed E-state index contributed by atoms with van der Waals surface area (Å²) in [6.07, 6.45) is -0.448. The van der Waals surface area contributed by atoms with Crippen molar-refractivity contribution in [3.8, 4) is 5.75 Å². The van der Waals surface area contributed by atoms with E-state index < -0.39 is 22.0 Å². The first-order chi connectivity index (χ1) is 16.6. The van der Waals surface area contributed by atoms with Gasteiger partial charge in [0, 0.05) is 11.6 Å². The maximum Gasteiger partial charge on any atom is 0.265 e. The van der Waals surface area contributed by atoms with Gasteiger partial charge in [-0.1, -0.05) is 46.9 Å². The number of carbonyl (C=O) groups excluding carboxylic acids is 1. The lowest BCUT2D eigenvalue weighted by Gasteiger charge is -2.35. The van der Waals surface area contributed by atoms with Crippen molar-refractivity contribution in [1.29, 1.82) is 0 Å². The van der Waals surface area contributed by atoms with Crippen LogP contribution in [0, 0.1) is 0 Å². The monoisotopic (exact) mass is 554 g/mol. The van der Waals surface area contributed by atoms with Gasteiger partial charge in [-0.05, 0) is 56.6 Å². The van der Waals surface area contributed by atoms with Gasteiger partial charge < -0.3 is 15.0 Å². The summed E-state index contributed by atoms with van der Waals surface area (Å²) in [5.74, 6) is -0.171. The van der Waals surface area contributed by atoms with Crippen LogP contribution in [0.4, 0.5) is 11.6 Å². The highest BCUT2D eigenvalue weighted by atomic mass is 35.5. The molecule has 1 amide bonds. The highest BCUT2D eigenvalue weighted by Crippen LogP contribution is 2.37. The molecule has 12 heteroatoms. The zero-order chi connectivity index (χ0) is 25.3. The second-order valence-electron chi connectivity index (χ2n) is 8.06. The van der Waals surface area contributed by atoms with Crippen LogP contribution < -0.4 is 14.4 Å². The van der Waals surface area contributed by atoms with E-state index >= 15 is 0 Å². The molecule has 1 atom stereocenters. The number of amides is 1. The molecule has 0 aliphatic carbocycles. The molecule has 3 aromatic rings. The number of carbonyl (C=O) groups is 1. The number of aromatic nitrogens is 1. The number of hydrogen-bond donors (Lipinski definition) is 1. The van der Waals surface area contributed by atoms with E-state index in [1.165, 1.54) is 22.5 Å². The van der Waals surface area contributed by atoms with Gasteiger partial charge in [0.1, 0.15) is 11.9 Å². The largest absolute Gasteiger partial charge is 0.483 e. The molecule has 0 saturated carbocycles. The lowest BCUT2D eigenvalue weighted by molar-refractivity contribution is 0.102. The van der Waals surface area contributed by atoms with E-state index in [4.69, 9.17) is 39.5 Å². The van der Waals surface area contributed by atoms with Crippen LogP contribution in [0.2, 0.25) is 15.1 Å². The third kappa shape index (κ3) is 5.49. The van der Waals surface area contributed by atoms with Gasteiger partial charge in [-0.25, -0.2) is 17.7 Å². The van der Waals surface area contributed by atoms with Crippen molar-refractivity contribution in [3.05, 3.63) is 75.2 Å². The van der Waals surface area contributed by atoms with Crippen LogP contribution in [0.1, 0.15) is 10.4 Å². The van der Waals surface area contributed by atoms with Gasteiger partial charge in [0.15, 0.2) is 11.6 Å². The van der Waals surface area contributed by atoms with Crippen LogP contribution in [-0.4, -0.2) is 57.5 Å². The Balaban J connectivity index is 1.73. The van der Waals surface area contributed by atoms with Crippen molar-refractivity contribution >= 4 is 62.4 Å². The number of halogens is 3. The fraction of sp³-hybridized carbons (Fsp3) is 0.217. The number of anilines is 2. The van der Waals surface area contributed by atoms with Gasteiger partial charge in [-0.3, -0.25) is 4.79 Å². The summed E-state index contributed by atoms with van der Waals surface area (Å²) in [4.78, 5) is 19.1. The molecule has 1 unspecified atom stereocenters. The lowest BCUT2D eigenvalue weighted by atomic mass is 10.2. The Labute approximate surface area is 218 Å². The predicted octanol–water partition coefficient (Wildman–Crippen LogP) is 4.81. The van der Waals surface area contributed by atoms with Crippen LogP contribution in [-0.2, 0) is 10.0 Å². The number of nitrogens with zero attached hydrogens (tertiary/aromatic N) is 3. The lowest BCUT2D eigenvalue weighted by Crippen LogP contribution is -2.47. The molecule has 1 N–H and O–H groups in total. The normalized spacial score (nSPS) is 15.5. The van der Waals surface area contributed by atoms with E-state index in [-0.39, 0.29) is 49.5 Å². The summed E-state index contributed by atoms with van der Waals surface area (Å²) in [7, 11) is -0.312. The number of sulfonamides is 1. The van der Waals surface area contributed by atoms with E-state index in [2.05, 4.69) is 10.3 Å². The van der Waals surface area contributed by atoms with Crippen molar-refractivity contribution in [2.24, 2.45) is 0 Å². The van der Waals surface area contributed by atoms with E-state index in [0.717, 1.165) is 0 Å². The van der Waals surface area contributed by atoms with Crippen LogP contribution >= 0.6 is 34.8 Å². The van der Waals surface area contributed by atoms with E-state index in [0.29, 0.717) is 6.54 Å². The maximum absolute atomic E-state index is 13.6. The summed E-state index contributed by atoms with van der Waals surface area (Å²) in [6.45, 7) is 0.491. The third-order valence-corrected chi connectivity index (χ3v) is 7.74.